The van der Waals surface area contributed by atoms with E-state index >= 15 is 0 Å². The molecule has 1 atom stereocenters. The number of rotatable bonds is 4. The normalized spacial score (nSPS) is 16.8. The number of amides is 1. The first-order valence-electron chi connectivity index (χ1n) is 7.38. The highest BCUT2D eigenvalue weighted by molar-refractivity contribution is 6.30. The van der Waals surface area contributed by atoms with E-state index in [0.29, 0.717) is 18.0 Å². The number of likely N-dealkylation sites (N-methyl/N-ethyl adjacent to an activating group) is 1. The van der Waals surface area contributed by atoms with E-state index in [4.69, 9.17) is 16.3 Å². The largest absolute Gasteiger partial charge is 0.496 e. The molecule has 2 aromatic rings. The summed E-state index contributed by atoms with van der Waals surface area (Å²) in [6.07, 6.45) is 0.593. The Morgan fingerprint density at radius 3 is 2.73 bits per heavy atom. The minimum Gasteiger partial charge on any atom is -0.496 e. The minimum absolute atomic E-state index is 0.144. The van der Waals surface area contributed by atoms with Crippen molar-refractivity contribution < 1.29 is 9.53 Å². The molecule has 1 aliphatic rings. The molecule has 0 aliphatic carbocycles. The van der Waals surface area contributed by atoms with Crippen LogP contribution in [0.3, 0.4) is 0 Å². The van der Waals surface area contributed by atoms with Gasteiger partial charge in [0.15, 0.2) is 0 Å². The number of methoxy groups -OCH3 is 1. The summed E-state index contributed by atoms with van der Waals surface area (Å²) in [5.41, 5.74) is 3.05. The number of fused-ring (bicyclic) bond motifs is 1. The van der Waals surface area contributed by atoms with E-state index in [1.54, 1.807) is 13.2 Å². The lowest BCUT2D eigenvalue weighted by molar-refractivity contribution is -0.119. The number of ether oxygens (including phenoxy) is 1. The maximum Gasteiger partial charge on any atom is 0.234 e. The second-order valence-corrected chi connectivity index (χ2v) is 5.79. The van der Waals surface area contributed by atoms with Gasteiger partial charge in [-0.1, -0.05) is 29.8 Å². The summed E-state index contributed by atoms with van der Waals surface area (Å²) in [6, 6.07) is 13.5. The van der Waals surface area contributed by atoms with Crippen molar-refractivity contribution in [2.75, 3.05) is 18.6 Å². The van der Waals surface area contributed by atoms with E-state index in [2.05, 4.69) is 0 Å². The summed E-state index contributed by atoms with van der Waals surface area (Å²) in [5.74, 6) is 0.735. The van der Waals surface area contributed by atoms with Gasteiger partial charge in [0.1, 0.15) is 5.75 Å². The minimum atomic E-state index is -0.177. The topological polar surface area (TPSA) is 29.5 Å². The fourth-order valence-corrected chi connectivity index (χ4v) is 3.31. The van der Waals surface area contributed by atoms with Crippen molar-refractivity contribution in [2.45, 2.75) is 19.3 Å². The van der Waals surface area contributed by atoms with Gasteiger partial charge in [0.2, 0.25) is 5.91 Å². The van der Waals surface area contributed by atoms with Crippen LogP contribution in [-0.2, 0) is 11.2 Å². The molecule has 4 heteroatoms. The van der Waals surface area contributed by atoms with Crippen LogP contribution in [0.25, 0.3) is 0 Å². The molecular weight excluding hydrogens is 298 g/mol. The van der Waals surface area contributed by atoms with Gasteiger partial charge in [0.05, 0.1) is 13.0 Å². The van der Waals surface area contributed by atoms with Gasteiger partial charge >= 0.3 is 0 Å². The summed E-state index contributed by atoms with van der Waals surface area (Å²) < 4.78 is 5.40. The number of benzene rings is 2. The van der Waals surface area contributed by atoms with E-state index < -0.39 is 0 Å². The van der Waals surface area contributed by atoms with E-state index in [1.165, 1.54) is 0 Å². The Balaban J connectivity index is 1.99. The summed E-state index contributed by atoms with van der Waals surface area (Å²) in [7, 11) is 1.63. The lowest BCUT2D eigenvalue weighted by Crippen LogP contribution is -2.29. The van der Waals surface area contributed by atoms with Gasteiger partial charge in [-0.15, -0.1) is 0 Å². The van der Waals surface area contributed by atoms with Gasteiger partial charge in [-0.25, -0.2) is 0 Å². The third-order valence-corrected chi connectivity index (χ3v) is 4.38. The average molecular weight is 316 g/mol. The quantitative estimate of drug-likeness (QED) is 0.852. The van der Waals surface area contributed by atoms with Gasteiger partial charge in [0, 0.05) is 17.3 Å². The molecule has 0 fully saturated rings. The van der Waals surface area contributed by atoms with Crippen LogP contribution >= 0.6 is 11.6 Å². The number of anilines is 1. The molecule has 0 bridgehead atoms. The van der Waals surface area contributed by atoms with Crippen LogP contribution < -0.4 is 9.64 Å². The zero-order valence-electron chi connectivity index (χ0n) is 12.7. The number of halogens is 1. The second-order valence-electron chi connectivity index (χ2n) is 5.35. The highest BCUT2D eigenvalue weighted by Crippen LogP contribution is 2.40. The lowest BCUT2D eigenvalue weighted by atomic mass is 9.93. The average Bonchev–Trinajstić information content (AvgIpc) is 2.80. The van der Waals surface area contributed by atoms with E-state index in [1.807, 2.05) is 48.2 Å². The molecule has 0 radical (unpaired) electrons. The number of para-hydroxylation sites is 1. The number of hydrogen-bond acceptors (Lipinski definition) is 2. The first-order valence-corrected chi connectivity index (χ1v) is 7.76. The molecule has 1 aliphatic heterocycles. The Morgan fingerprint density at radius 1 is 1.23 bits per heavy atom. The van der Waals surface area contributed by atoms with Gasteiger partial charge in [0.25, 0.3) is 0 Å². The predicted molar refractivity (Wildman–Crippen MR) is 88.9 cm³/mol. The molecule has 22 heavy (non-hydrogen) atoms. The van der Waals surface area contributed by atoms with E-state index in [-0.39, 0.29) is 11.8 Å². The van der Waals surface area contributed by atoms with Crippen molar-refractivity contribution in [3.8, 4) is 5.75 Å². The summed E-state index contributed by atoms with van der Waals surface area (Å²) >= 11 is 6.10. The van der Waals surface area contributed by atoms with Gasteiger partial charge in [-0.2, -0.15) is 0 Å². The predicted octanol–water partition coefficient (Wildman–Crippen LogP) is 4.04. The van der Waals surface area contributed by atoms with Crippen LogP contribution in [-0.4, -0.2) is 19.6 Å². The molecule has 1 amide bonds. The zero-order valence-corrected chi connectivity index (χ0v) is 13.4. The number of nitrogens with zero attached hydrogens (tertiary/aromatic N) is 1. The first kappa shape index (κ1) is 14.9. The van der Waals surface area contributed by atoms with Crippen LogP contribution in [0.1, 0.15) is 24.0 Å². The molecule has 1 heterocycles. The molecular formula is C18H18ClNO2. The smallest absolute Gasteiger partial charge is 0.234 e. The monoisotopic (exact) mass is 315 g/mol. The fourth-order valence-electron chi connectivity index (χ4n) is 3.12. The van der Waals surface area contributed by atoms with Crippen molar-refractivity contribution in [1.82, 2.24) is 0 Å². The van der Waals surface area contributed by atoms with Gasteiger partial charge < -0.3 is 9.64 Å². The van der Waals surface area contributed by atoms with Crippen molar-refractivity contribution in [1.29, 1.82) is 0 Å². The summed E-state index contributed by atoms with van der Waals surface area (Å²) in [5, 5.41) is 0.655. The molecule has 0 aromatic heterocycles. The van der Waals surface area contributed by atoms with Crippen LogP contribution in [0.2, 0.25) is 5.02 Å². The molecule has 3 rings (SSSR count). The van der Waals surface area contributed by atoms with Crippen LogP contribution in [0.5, 0.6) is 5.75 Å². The second kappa shape index (κ2) is 6.01. The Labute approximate surface area is 135 Å². The number of carbonyl (C=O) groups excluding carboxylic acids is 1. The maximum absolute atomic E-state index is 12.7. The van der Waals surface area contributed by atoms with Crippen molar-refractivity contribution >= 4 is 23.2 Å². The van der Waals surface area contributed by atoms with Crippen LogP contribution in [0.15, 0.2) is 42.5 Å². The Kier molecular flexibility index (Phi) is 4.08. The SMILES string of the molecule is CCN1C(=O)C(Cc2cc(Cl)ccc2OC)c2ccccc21. The van der Waals surface area contributed by atoms with Gasteiger partial charge in [-0.3, -0.25) is 4.79 Å². The third-order valence-electron chi connectivity index (χ3n) is 4.15. The van der Waals surface area contributed by atoms with E-state index in [9.17, 15) is 4.79 Å². The fraction of sp³-hybridized carbons (Fsp3) is 0.278. The van der Waals surface area contributed by atoms with Crippen LogP contribution in [0.4, 0.5) is 5.69 Å². The third kappa shape index (κ3) is 2.46. The zero-order chi connectivity index (χ0) is 15.7. The molecule has 3 nitrogen and oxygen atoms in total. The Hall–Kier alpha value is -2.00. The Morgan fingerprint density at radius 2 is 2.00 bits per heavy atom. The standard InChI is InChI=1S/C18H18ClNO2/c1-3-20-16-7-5-4-6-14(16)15(18(20)21)11-12-10-13(19)8-9-17(12)22-2/h4-10,15H,3,11H2,1-2H3. The number of carbonyl (C=O) groups is 1. The molecule has 0 saturated heterocycles. The molecule has 2 aromatic carbocycles. The first-order chi connectivity index (χ1) is 10.7. The molecule has 114 valence electrons. The van der Waals surface area contributed by atoms with Gasteiger partial charge in [-0.05, 0) is 48.7 Å². The lowest BCUT2D eigenvalue weighted by Gasteiger charge is -2.16. The van der Waals surface area contributed by atoms with E-state index in [0.717, 1.165) is 22.6 Å². The number of hydrogen-bond donors (Lipinski definition) is 0. The molecule has 0 saturated carbocycles. The van der Waals surface area contributed by atoms with Crippen molar-refractivity contribution in [3.05, 3.63) is 58.6 Å². The summed E-state index contributed by atoms with van der Waals surface area (Å²) in [6.45, 7) is 2.68. The molecule has 0 N–H and O–H groups in total. The summed E-state index contributed by atoms with van der Waals surface area (Å²) in [4.78, 5) is 14.6. The Bertz CT molecular complexity index is 714. The molecule has 1 unspecified atom stereocenters. The molecule has 0 spiro atoms. The van der Waals surface area contributed by atoms with Crippen molar-refractivity contribution in [2.24, 2.45) is 0 Å². The van der Waals surface area contributed by atoms with Crippen molar-refractivity contribution in [3.63, 3.8) is 0 Å². The highest BCUT2D eigenvalue weighted by atomic mass is 35.5. The maximum atomic E-state index is 12.7. The van der Waals surface area contributed by atoms with Crippen LogP contribution in [0, 0.1) is 0 Å². The highest BCUT2D eigenvalue weighted by Gasteiger charge is 2.36.